The largest absolute Gasteiger partial charge is 0.389 e. The lowest BCUT2D eigenvalue weighted by atomic mass is 10.1. The van der Waals surface area contributed by atoms with Crippen molar-refractivity contribution < 1.29 is 19.8 Å². The van der Waals surface area contributed by atoms with Gasteiger partial charge < -0.3 is 10.2 Å². The molecule has 0 saturated carbocycles. The van der Waals surface area contributed by atoms with Crippen molar-refractivity contribution in [2.45, 2.75) is 25.9 Å². The molecule has 0 aliphatic carbocycles. The van der Waals surface area contributed by atoms with Crippen molar-refractivity contribution in [3.8, 4) is 0 Å². The van der Waals surface area contributed by atoms with Crippen LogP contribution in [-0.4, -0.2) is 34.5 Å². The molecular weight excluding hydrogens is 148 g/mol. The lowest BCUT2D eigenvalue weighted by Crippen LogP contribution is -2.23. The molecule has 4 nitrogen and oxygen atoms in total. The van der Waals surface area contributed by atoms with E-state index in [0.717, 1.165) is 0 Å². The highest BCUT2D eigenvalue weighted by Gasteiger charge is 2.15. The summed E-state index contributed by atoms with van der Waals surface area (Å²) in [5.41, 5.74) is 0. The Labute approximate surface area is 64.8 Å². The van der Waals surface area contributed by atoms with Gasteiger partial charge in [0.15, 0.2) is 11.6 Å². The maximum atomic E-state index is 10.8. The molecule has 0 aromatic carbocycles. The third-order valence-electron chi connectivity index (χ3n) is 1.31. The zero-order chi connectivity index (χ0) is 8.85. The summed E-state index contributed by atoms with van der Waals surface area (Å²) in [7, 11) is 0. The molecule has 0 bridgehead atoms. The summed E-state index contributed by atoms with van der Waals surface area (Å²) in [5, 5.41) is 17.1. The zero-order valence-corrected chi connectivity index (χ0v) is 6.41. The Balaban J connectivity index is 3.77. The van der Waals surface area contributed by atoms with Crippen LogP contribution in [0.4, 0.5) is 0 Å². The van der Waals surface area contributed by atoms with Crippen molar-refractivity contribution in [1.29, 1.82) is 0 Å². The molecule has 0 heterocycles. The van der Waals surface area contributed by atoms with E-state index in [0.29, 0.717) is 6.42 Å². The van der Waals surface area contributed by atoms with Gasteiger partial charge in [-0.3, -0.25) is 9.59 Å². The van der Waals surface area contributed by atoms with Gasteiger partial charge in [-0.15, -0.1) is 0 Å². The molecule has 0 aromatic heterocycles. The van der Waals surface area contributed by atoms with E-state index in [1.165, 1.54) is 0 Å². The second kappa shape index (κ2) is 4.98. The quantitative estimate of drug-likeness (QED) is 0.520. The summed E-state index contributed by atoms with van der Waals surface area (Å²) in [6, 6.07) is 0. The molecule has 0 amide bonds. The molecule has 11 heavy (non-hydrogen) atoms. The van der Waals surface area contributed by atoms with Crippen LogP contribution in [-0.2, 0) is 9.59 Å². The number of carbonyl (C=O) groups excluding carboxylic acids is 2. The van der Waals surface area contributed by atoms with Crippen molar-refractivity contribution in [1.82, 2.24) is 0 Å². The Hall–Kier alpha value is -0.740. The first-order valence-corrected chi connectivity index (χ1v) is 3.45. The third-order valence-corrected chi connectivity index (χ3v) is 1.31. The van der Waals surface area contributed by atoms with Crippen LogP contribution in [0, 0.1) is 0 Å². The molecule has 0 fully saturated rings. The van der Waals surface area contributed by atoms with Crippen LogP contribution in [0.1, 0.15) is 19.8 Å². The van der Waals surface area contributed by atoms with Gasteiger partial charge in [0.1, 0.15) is 12.7 Å². The SMILES string of the molecule is CCC(O)C(=O)CC(=O)CO. The van der Waals surface area contributed by atoms with Crippen molar-refractivity contribution in [2.24, 2.45) is 0 Å². The predicted molar refractivity (Wildman–Crippen MR) is 38.0 cm³/mol. The van der Waals surface area contributed by atoms with Crippen LogP contribution >= 0.6 is 0 Å². The molecule has 0 spiro atoms. The number of aliphatic hydroxyl groups excluding tert-OH is 2. The second-order valence-electron chi connectivity index (χ2n) is 2.26. The first-order chi connectivity index (χ1) is 5.11. The fraction of sp³-hybridized carbons (Fsp3) is 0.714. The van der Waals surface area contributed by atoms with E-state index in [1.807, 2.05) is 0 Å². The third kappa shape index (κ3) is 3.85. The van der Waals surface area contributed by atoms with Crippen LogP contribution in [0.3, 0.4) is 0 Å². The fourth-order valence-corrected chi connectivity index (χ4v) is 0.596. The van der Waals surface area contributed by atoms with Crippen molar-refractivity contribution in [2.75, 3.05) is 6.61 Å². The predicted octanol–water partition coefficient (Wildman–Crippen LogP) is -0.722. The molecular formula is C7H12O4. The lowest BCUT2D eigenvalue weighted by molar-refractivity contribution is -0.133. The van der Waals surface area contributed by atoms with Gasteiger partial charge in [-0.05, 0) is 6.42 Å². The minimum atomic E-state index is -1.06. The Kier molecular flexibility index (Phi) is 4.65. The number of hydrogen-bond donors (Lipinski definition) is 2. The number of aliphatic hydroxyl groups is 2. The van der Waals surface area contributed by atoms with Gasteiger partial charge in [0, 0.05) is 0 Å². The van der Waals surface area contributed by atoms with E-state index in [1.54, 1.807) is 6.92 Å². The fourth-order valence-electron chi connectivity index (χ4n) is 0.596. The molecule has 0 aliphatic heterocycles. The minimum Gasteiger partial charge on any atom is -0.389 e. The Morgan fingerprint density at radius 3 is 2.36 bits per heavy atom. The van der Waals surface area contributed by atoms with Gasteiger partial charge in [0.25, 0.3) is 0 Å². The molecule has 0 rings (SSSR count). The highest BCUT2D eigenvalue weighted by Crippen LogP contribution is 1.96. The molecule has 1 unspecified atom stereocenters. The van der Waals surface area contributed by atoms with Crippen LogP contribution in [0.2, 0.25) is 0 Å². The van der Waals surface area contributed by atoms with E-state index in [4.69, 9.17) is 10.2 Å². The standard InChI is InChI=1S/C7H12O4/c1-2-6(10)7(11)3-5(9)4-8/h6,8,10H,2-4H2,1H3. The number of Topliss-reactive ketones (excluding diaryl/α,β-unsaturated/α-hetero) is 2. The van der Waals surface area contributed by atoms with Gasteiger partial charge in [-0.25, -0.2) is 0 Å². The van der Waals surface area contributed by atoms with Crippen molar-refractivity contribution >= 4 is 11.6 Å². The molecule has 1 atom stereocenters. The smallest absolute Gasteiger partial charge is 0.168 e. The number of hydrogen-bond acceptors (Lipinski definition) is 4. The Bertz CT molecular complexity index is 153. The van der Waals surface area contributed by atoms with E-state index >= 15 is 0 Å². The first-order valence-electron chi connectivity index (χ1n) is 3.45. The van der Waals surface area contributed by atoms with Crippen LogP contribution in [0.15, 0.2) is 0 Å². The molecule has 0 aromatic rings. The van der Waals surface area contributed by atoms with Gasteiger partial charge >= 0.3 is 0 Å². The van der Waals surface area contributed by atoms with Crippen molar-refractivity contribution in [3.63, 3.8) is 0 Å². The normalized spacial score (nSPS) is 12.6. The van der Waals surface area contributed by atoms with Crippen LogP contribution in [0.5, 0.6) is 0 Å². The monoisotopic (exact) mass is 160 g/mol. The highest BCUT2D eigenvalue weighted by atomic mass is 16.3. The lowest BCUT2D eigenvalue weighted by Gasteiger charge is -2.03. The highest BCUT2D eigenvalue weighted by molar-refractivity contribution is 6.01. The minimum absolute atomic E-state index is 0.303. The second-order valence-corrected chi connectivity index (χ2v) is 2.26. The van der Waals surface area contributed by atoms with E-state index in [2.05, 4.69) is 0 Å². The van der Waals surface area contributed by atoms with E-state index in [-0.39, 0.29) is 6.42 Å². The molecule has 0 saturated heterocycles. The summed E-state index contributed by atoms with van der Waals surface area (Å²) in [4.78, 5) is 21.2. The average molecular weight is 160 g/mol. The topological polar surface area (TPSA) is 74.6 Å². The van der Waals surface area contributed by atoms with Gasteiger partial charge in [0.05, 0.1) is 6.42 Å². The van der Waals surface area contributed by atoms with Gasteiger partial charge in [0.2, 0.25) is 0 Å². The summed E-state index contributed by atoms with van der Waals surface area (Å²) in [6.07, 6.45) is -1.13. The summed E-state index contributed by atoms with van der Waals surface area (Å²) in [6.45, 7) is 1.01. The zero-order valence-electron chi connectivity index (χ0n) is 6.41. The molecule has 0 radical (unpaired) electrons. The Morgan fingerprint density at radius 2 is 2.00 bits per heavy atom. The maximum Gasteiger partial charge on any atom is 0.168 e. The molecule has 64 valence electrons. The summed E-state index contributed by atoms with van der Waals surface area (Å²) >= 11 is 0. The average Bonchev–Trinajstić information content (AvgIpc) is 2.02. The van der Waals surface area contributed by atoms with E-state index < -0.39 is 24.3 Å². The van der Waals surface area contributed by atoms with Crippen LogP contribution < -0.4 is 0 Å². The van der Waals surface area contributed by atoms with Gasteiger partial charge in [-0.1, -0.05) is 6.92 Å². The van der Waals surface area contributed by atoms with Crippen molar-refractivity contribution in [3.05, 3.63) is 0 Å². The summed E-state index contributed by atoms with van der Waals surface area (Å²) in [5.74, 6) is -1.07. The molecule has 4 heteroatoms. The van der Waals surface area contributed by atoms with Gasteiger partial charge in [-0.2, -0.15) is 0 Å². The first kappa shape index (κ1) is 10.3. The number of rotatable bonds is 5. The van der Waals surface area contributed by atoms with Crippen LogP contribution in [0.25, 0.3) is 0 Å². The number of ketones is 2. The Morgan fingerprint density at radius 1 is 1.45 bits per heavy atom. The summed E-state index contributed by atoms with van der Waals surface area (Å²) < 4.78 is 0. The maximum absolute atomic E-state index is 10.8. The van der Waals surface area contributed by atoms with E-state index in [9.17, 15) is 9.59 Å². The molecule has 0 aliphatic rings. The number of carbonyl (C=O) groups is 2. The molecule has 2 N–H and O–H groups in total.